The first-order chi connectivity index (χ1) is 12.0. The van der Waals surface area contributed by atoms with Crippen LogP contribution in [-0.4, -0.2) is 48.7 Å². The normalized spacial score (nSPS) is 25.3. The molecule has 0 saturated carbocycles. The molecule has 2 aliphatic heterocycles. The number of piperidine rings is 2. The first kappa shape index (κ1) is 18.1. The zero-order chi connectivity index (χ0) is 17.9. The van der Waals surface area contributed by atoms with E-state index in [4.69, 9.17) is 0 Å². The van der Waals surface area contributed by atoms with Gasteiger partial charge in [0.15, 0.2) is 0 Å². The molecule has 0 radical (unpaired) electrons. The third kappa shape index (κ3) is 3.80. The molecule has 2 saturated heterocycles. The van der Waals surface area contributed by atoms with Gasteiger partial charge in [-0.25, -0.2) is 8.42 Å². The minimum Gasteiger partial charge on any atom is -0.332 e. The van der Waals surface area contributed by atoms with Crippen LogP contribution in [0.1, 0.15) is 37.7 Å². The topological polar surface area (TPSA) is 57.7 Å². The van der Waals surface area contributed by atoms with Gasteiger partial charge in [0.2, 0.25) is 15.9 Å². The molecule has 1 spiro atoms. The van der Waals surface area contributed by atoms with Gasteiger partial charge in [0.1, 0.15) is 0 Å². The molecule has 1 unspecified atom stereocenters. The van der Waals surface area contributed by atoms with Gasteiger partial charge < -0.3 is 4.90 Å². The zero-order valence-electron chi connectivity index (χ0n) is 14.6. The highest BCUT2D eigenvalue weighted by molar-refractivity contribution is 7.88. The van der Waals surface area contributed by atoms with Crippen LogP contribution in [0.3, 0.4) is 0 Å². The van der Waals surface area contributed by atoms with Crippen molar-refractivity contribution in [1.29, 1.82) is 0 Å². The Kier molecular flexibility index (Phi) is 5.29. The van der Waals surface area contributed by atoms with Gasteiger partial charge in [-0.15, -0.1) is 6.58 Å². The highest BCUT2D eigenvalue weighted by Gasteiger charge is 2.46. The summed E-state index contributed by atoms with van der Waals surface area (Å²) in [5.41, 5.74) is 0.427. The first-order valence-corrected chi connectivity index (χ1v) is 10.5. The number of rotatable bonds is 5. The lowest BCUT2D eigenvalue weighted by atomic mass is 9.80. The van der Waals surface area contributed by atoms with Crippen LogP contribution in [0.2, 0.25) is 0 Å². The molecule has 0 N–H and O–H groups in total. The van der Waals surface area contributed by atoms with Gasteiger partial charge in [-0.1, -0.05) is 36.4 Å². The predicted molar refractivity (Wildman–Crippen MR) is 98.4 cm³/mol. The molecule has 1 amide bonds. The monoisotopic (exact) mass is 362 g/mol. The molecule has 0 bridgehead atoms. The molecule has 1 aromatic rings. The molecule has 1 aromatic carbocycles. The Morgan fingerprint density at radius 1 is 1.16 bits per heavy atom. The van der Waals surface area contributed by atoms with E-state index in [0.717, 1.165) is 31.2 Å². The van der Waals surface area contributed by atoms with Crippen LogP contribution in [0.5, 0.6) is 0 Å². The average Bonchev–Trinajstić information content (AvgIpc) is 2.59. The van der Waals surface area contributed by atoms with Crippen molar-refractivity contribution in [3.05, 3.63) is 48.6 Å². The zero-order valence-corrected chi connectivity index (χ0v) is 15.4. The van der Waals surface area contributed by atoms with Crippen LogP contribution >= 0.6 is 0 Å². The highest BCUT2D eigenvalue weighted by atomic mass is 32.2. The van der Waals surface area contributed by atoms with E-state index in [0.29, 0.717) is 26.1 Å². The van der Waals surface area contributed by atoms with Crippen molar-refractivity contribution in [3.8, 4) is 0 Å². The standard InChI is InChI=1S/C19H26N2O3S/c1-2-13-21-18(22)10-6-11-19(21)12-7-14-20(16-19)25(23,24)15-17-8-4-3-5-9-17/h2-5,8-9H,1,6-7,10-16H2. The fourth-order valence-corrected chi connectivity index (χ4v) is 5.78. The summed E-state index contributed by atoms with van der Waals surface area (Å²) in [7, 11) is -3.40. The summed E-state index contributed by atoms with van der Waals surface area (Å²) in [4.78, 5) is 14.3. The second kappa shape index (κ2) is 7.30. The van der Waals surface area contributed by atoms with E-state index in [2.05, 4.69) is 6.58 Å². The van der Waals surface area contributed by atoms with Crippen LogP contribution in [0.25, 0.3) is 0 Å². The Hall–Kier alpha value is -1.66. The molecular formula is C19H26N2O3S. The molecule has 3 rings (SSSR count). The average molecular weight is 362 g/mol. The second-order valence-electron chi connectivity index (χ2n) is 7.05. The lowest BCUT2D eigenvalue weighted by Crippen LogP contribution is -2.63. The summed E-state index contributed by atoms with van der Waals surface area (Å²) in [6.07, 6.45) is 5.64. The summed E-state index contributed by atoms with van der Waals surface area (Å²) in [6, 6.07) is 9.27. The molecule has 0 aliphatic carbocycles. The molecule has 6 heteroatoms. The maximum Gasteiger partial charge on any atom is 0.223 e. The highest BCUT2D eigenvalue weighted by Crippen LogP contribution is 2.37. The summed E-state index contributed by atoms with van der Waals surface area (Å²) in [5, 5.41) is 0. The predicted octanol–water partition coefficient (Wildman–Crippen LogP) is 2.55. The van der Waals surface area contributed by atoms with Crippen LogP contribution in [-0.2, 0) is 20.6 Å². The van der Waals surface area contributed by atoms with Gasteiger partial charge >= 0.3 is 0 Å². The number of carbonyl (C=O) groups is 1. The Morgan fingerprint density at radius 3 is 2.60 bits per heavy atom. The van der Waals surface area contributed by atoms with Gasteiger partial charge in [-0.3, -0.25) is 4.79 Å². The molecule has 136 valence electrons. The number of amides is 1. The van der Waals surface area contributed by atoms with Crippen LogP contribution < -0.4 is 0 Å². The van der Waals surface area contributed by atoms with Gasteiger partial charge in [-0.05, 0) is 31.2 Å². The maximum absolute atomic E-state index is 12.9. The Labute approximate surface area is 150 Å². The number of benzene rings is 1. The second-order valence-corrected chi connectivity index (χ2v) is 9.02. The molecule has 2 fully saturated rings. The fraction of sp³-hybridized carbons (Fsp3) is 0.526. The van der Waals surface area contributed by atoms with Crippen molar-refractivity contribution < 1.29 is 13.2 Å². The van der Waals surface area contributed by atoms with E-state index in [-0.39, 0.29) is 17.2 Å². The van der Waals surface area contributed by atoms with Crippen molar-refractivity contribution in [2.45, 2.75) is 43.4 Å². The third-order valence-electron chi connectivity index (χ3n) is 5.32. The van der Waals surface area contributed by atoms with Gasteiger partial charge in [0.05, 0.1) is 11.3 Å². The lowest BCUT2D eigenvalue weighted by Gasteiger charge is -2.51. The summed E-state index contributed by atoms with van der Waals surface area (Å²) in [6.45, 7) is 5.20. The Balaban J connectivity index is 1.82. The van der Waals surface area contributed by atoms with Gasteiger partial charge in [0.25, 0.3) is 0 Å². The van der Waals surface area contributed by atoms with Crippen molar-refractivity contribution in [2.75, 3.05) is 19.6 Å². The number of nitrogens with zero attached hydrogens (tertiary/aromatic N) is 2. The molecule has 5 nitrogen and oxygen atoms in total. The maximum atomic E-state index is 12.9. The quantitative estimate of drug-likeness (QED) is 0.757. The fourth-order valence-electron chi connectivity index (χ4n) is 4.14. The molecule has 0 aromatic heterocycles. The van der Waals surface area contributed by atoms with Crippen molar-refractivity contribution >= 4 is 15.9 Å². The lowest BCUT2D eigenvalue weighted by molar-refractivity contribution is -0.143. The minimum atomic E-state index is -3.40. The molecule has 25 heavy (non-hydrogen) atoms. The number of likely N-dealkylation sites (tertiary alicyclic amines) is 1. The van der Waals surface area contributed by atoms with E-state index in [1.807, 2.05) is 35.2 Å². The van der Waals surface area contributed by atoms with Crippen LogP contribution in [0, 0.1) is 0 Å². The number of carbonyl (C=O) groups excluding carboxylic acids is 1. The van der Waals surface area contributed by atoms with E-state index in [9.17, 15) is 13.2 Å². The number of sulfonamides is 1. The van der Waals surface area contributed by atoms with Crippen LogP contribution in [0.4, 0.5) is 0 Å². The molecular weight excluding hydrogens is 336 g/mol. The smallest absolute Gasteiger partial charge is 0.223 e. The van der Waals surface area contributed by atoms with Crippen LogP contribution in [0.15, 0.2) is 43.0 Å². The summed E-state index contributed by atoms with van der Waals surface area (Å²) >= 11 is 0. The largest absolute Gasteiger partial charge is 0.332 e. The summed E-state index contributed by atoms with van der Waals surface area (Å²) in [5.74, 6) is 0.132. The molecule has 1 atom stereocenters. The van der Waals surface area contributed by atoms with Gasteiger partial charge in [0, 0.05) is 26.1 Å². The van der Waals surface area contributed by atoms with Gasteiger partial charge in [-0.2, -0.15) is 4.31 Å². The first-order valence-electron chi connectivity index (χ1n) is 8.90. The summed E-state index contributed by atoms with van der Waals surface area (Å²) < 4.78 is 27.5. The SMILES string of the molecule is C=CCN1C(=O)CCCC12CCCN(S(=O)(=O)Cc1ccccc1)C2. The molecule has 2 heterocycles. The van der Waals surface area contributed by atoms with E-state index in [1.54, 1.807) is 10.4 Å². The number of hydrogen-bond donors (Lipinski definition) is 0. The Morgan fingerprint density at radius 2 is 1.88 bits per heavy atom. The van der Waals surface area contributed by atoms with E-state index >= 15 is 0 Å². The van der Waals surface area contributed by atoms with E-state index in [1.165, 1.54) is 0 Å². The van der Waals surface area contributed by atoms with Crippen molar-refractivity contribution in [1.82, 2.24) is 9.21 Å². The van der Waals surface area contributed by atoms with E-state index < -0.39 is 10.0 Å². The number of hydrogen-bond acceptors (Lipinski definition) is 3. The van der Waals surface area contributed by atoms with Crippen molar-refractivity contribution in [2.24, 2.45) is 0 Å². The molecule has 2 aliphatic rings. The minimum absolute atomic E-state index is 0.0132. The Bertz CT molecular complexity index is 728. The van der Waals surface area contributed by atoms with Crippen molar-refractivity contribution in [3.63, 3.8) is 0 Å². The third-order valence-corrected chi connectivity index (χ3v) is 7.12.